The fourth-order valence-electron chi connectivity index (χ4n) is 3.67. The van der Waals surface area contributed by atoms with Crippen LogP contribution in [0.3, 0.4) is 0 Å². The highest BCUT2D eigenvalue weighted by molar-refractivity contribution is 5.15. The van der Waals surface area contributed by atoms with Crippen molar-refractivity contribution in [2.75, 3.05) is 0 Å². The number of hydrogen-bond donors (Lipinski definition) is 0. The molecule has 2 atom stereocenters. The number of nitro groups is 2. The molecule has 6 nitrogen and oxygen atoms in total. The molecule has 0 spiro atoms. The third kappa shape index (κ3) is 6.89. The molecule has 0 fully saturated rings. The van der Waals surface area contributed by atoms with Gasteiger partial charge in [-0.25, -0.2) is 0 Å². The van der Waals surface area contributed by atoms with Crippen LogP contribution in [0, 0.1) is 31.1 Å². The van der Waals surface area contributed by atoms with Crippen LogP contribution in [-0.2, 0) is 0 Å². The predicted octanol–water partition coefficient (Wildman–Crippen LogP) is 5.58. The molecule has 0 saturated heterocycles. The molecule has 0 radical (unpaired) electrons. The molecule has 2 aliphatic rings. The standard InChI is InChI=1S/2C10H17NO2/c2*1-8(11(12)13)9-5-4-6-10(2,3)7-9/h7-8H,4-6H2,1-3H3;5,8H,4,6-7H2,1-3H3. The van der Waals surface area contributed by atoms with Gasteiger partial charge in [0.15, 0.2) is 0 Å². The van der Waals surface area contributed by atoms with Gasteiger partial charge >= 0.3 is 0 Å². The third-order valence-electron chi connectivity index (χ3n) is 5.48. The molecule has 0 heterocycles. The number of allylic oxidation sites excluding steroid dienone is 2. The Hall–Kier alpha value is -1.72. The number of rotatable bonds is 4. The van der Waals surface area contributed by atoms with Crippen molar-refractivity contribution in [2.45, 2.75) is 92.2 Å². The first-order valence-corrected chi connectivity index (χ1v) is 9.52. The van der Waals surface area contributed by atoms with Gasteiger partial charge in [-0.1, -0.05) is 39.8 Å². The summed E-state index contributed by atoms with van der Waals surface area (Å²) in [6.45, 7) is 12.0. The maximum absolute atomic E-state index is 10.6. The molecule has 0 amide bonds. The van der Waals surface area contributed by atoms with Crippen molar-refractivity contribution in [1.29, 1.82) is 0 Å². The molecule has 0 aromatic heterocycles. The summed E-state index contributed by atoms with van der Waals surface area (Å²) in [4.78, 5) is 20.7. The van der Waals surface area contributed by atoms with E-state index in [2.05, 4.69) is 33.8 Å². The van der Waals surface area contributed by atoms with E-state index >= 15 is 0 Å². The molecule has 0 N–H and O–H groups in total. The molecule has 0 saturated carbocycles. The molecular weight excluding hydrogens is 332 g/mol. The Balaban J connectivity index is 0.000000260. The van der Waals surface area contributed by atoms with Crippen LogP contribution in [0.2, 0.25) is 0 Å². The normalized spacial score (nSPS) is 23.5. The summed E-state index contributed by atoms with van der Waals surface area (Å²) in [5, 5.41) is 21.1. The summed E-state index contributed by atoms with van der Waals surface area (Å²) in [5.74, 6) is 0. The van der Waals surface area contributed by atoms with Gasteiger partial charge in [0.1, 0.15) is 0 Å². The molecule has 148 valence electrons. The van der Waals surface area contributed by atoms with E-state index in [0.29, 0.717) is 0 Å². The highest BCUT2D eigenvalue weighted by Crippen LogP contribution is 2.36. The molecule has 0 aliphatic heterocycles. The quantitative estimate of drug-likeness (QED) is 0.369. The first-order valence-electron chi connectivity index (χ1n) is 9.52. The first-order chi connectivity index (χ1) is 11.8. The zero-order valence-electron chi connectivity index (χ0n) is 17.1. The Morgan fingerprint density at radius 2 is 1.50 bits per heavy atom. The van der Waals surface area contributed by atoms with E-state index in [0.717, 1.165) is 49.7 Å². The predicted molar refractivity (Wildman–Crippen MR) is 104 cm³/mol. The highest BCUT2D eigenvalue weighted by Gasteiger charge is 2.29. The smallest absolute Gasteiger partial charge is 0.231 e. The Labute approximate surface area is 157 Å². The van der Waals surface area contributed by atoms with E-state index in [1.165, 1.54) is 0 Å². The zero-order chi connectivity index (χ0) is 20.1. The van der Waals surface area contributed by atoms with Crippen LogP contribution in [0.25, 0.3) is 0 Å². The van der Waals surface area contributed by atoms with Crippen molar-refractivity contribution in [3.05, 3.63) is 43.5 Å². The monoisotopic (exact) mass is 366 g/mol. The van der Waals surface area contributed by atoms with Gasteiger partial charge in [0.25, 0.3) is 0 Å². The van der Waals surface area contributed by atoms with Gasteiger partial charge in [-0.05, 0) is 60.5 Å². The maximum atomic E-state index is 10.6. The largest absolute Gasteiger partial charge is 0.264 e. The summed E-state index contributed by atoms with van der Waals surface area (Å²) in [6, 6.07) is -1.00. The molecule has 0 aromatic rings. The lowest BCUT2D eigenvalue weighted by atomic mass is 9.76. The minimum atomic E-state index is -0.500. The van der Waals surface area contributed by atoms with Crippen molar-refractivity contribution in [3.8, 4) is 0 Å². The van der Waals surface area contributed by atoms with E-state index in [4.69, 9.17) is 0 Å². The van der Waals surface area contributed by atoms with Crippen LogP contribution in [0.1, 0.15) is 80.1 Å². The van der Waals surface area contributed by atoms with E-state index in [1.54, 1.807) is 13.8 Å². The highest BCUT2D eigenvalue weighted by atomic mass is 16.6. The molecule has 6 heteroatoms. The topological polar surface area (TPSA) is 86.3 Å². The van der Waals surface area contributed by atoms with Gasteiger partial charge in [-0.15, -0.1) is 0 Å². The second-order valence-electron chi connectivity index (χ2n) is 9.14. The average molecular weight is 367 g/mol. The zero-order valence-corrected chi connectivity index (χ0v) is 17.1. The van der Waals surface area contributed by atoms with Crippen molar-refractivity contribution < 1.29 is 9.85 Å². The molecular formula is C20H34N2O4. The number of nitrogens with zero attached hydrogens (tertiary/aromatic N) is 2. The molecule has 26 heavy (non-hydrogen) atoms. The van der Waals surface area contributed by atoms with Crippen LogP contribution >= 0.6 is 0 Å². The van der Waals surface area contributed by atoms with Crippen molar-refractivity contribution in [1.82, 2.24) is 0 Å². The number of hydrogen-bond acceptors (Lipinski definition) is 4. The van der Waals surface area contributed by atoms with Crippen LogP contribution in [0.5, 0.6) is 0 Å². The Bertz CT molecular complexity index is 591. The Kier molecular flexibility index (Phi) is 7.54. The lowest BCUT2D eigenvalue weighted by Crippen LogP contribution is -2.25. The maximum Gasteiger partial charge on any atom is 0.231 e. The Morgan fingerprint density at radius 1 is 0.962 bits per heavy atom. The minimum Gasteiger partial charge on any atom is -0.264 e. The Morgan fingerprint density at radius 3 is 1.96 bits per heavy atom. The second-order valence-corrected chi connectivity index (χ2v) is 9.14. The summed E-state index contributed by atoms with van der Waals surface area (Å²) in [6.07, 6.45) is 10.2. The van der Waals surface area contributed by atoms with Gasteiger partial charge in [0.05, 0.1) is 0 Å². The molecule has 0 aromatic carbocycles. The summed E-state index contributed by atoms with van der Waals surface area (Å²) in [5.41, 5.74) is 2.40. The van der Waals surface area contributed by atoms with Crippen LogP contribution in [0.4, 0.5) is 0 Å². The fourth-order valence-corrected chi connectivity index (χ4v) is 3.67. The minimum absolute atomic E-state index is 0.151. The average Bonchev–Trinajstić information content (AvgIpc) is 2.51. The van der Waals surface area contributed by atoms with Gasteiger partial charge in [0.2, 0.25) is 12.1 Å². The third-order valence-corrected chi connectivity index (χ3v) is 5.48. The van der Waals surface area contributed by atoms with Crippen molar-refractivity contribution in [2.24, 2.45) is 10.8 Å². The van der Waals surface area contributed by atoms with E-state index in [1.807, 2.05) is 6.08 Å². The second kappa shape index (κ2) is 8.78. The lowest BCUT2D eigenvalue weighted by molar-refractivity contribution is -0.508. The van der Waals surface area contributed by atoms with E-state index < -0.39 is 12.1 Å². The van der Waals surface area contributed by atoms with Crippen molar-refractivity contribution in [3.63, 3.8) is 0 Å². The van der Waals surface area contributed by atoms with Crippen LogP contribution < -0.4 is 0 Å². The van der Waals surface area contributed by atoms with E-state index in [-0.39, 0.29) is 20.7 Å². The SMILES string of the molecule is CC(C1=CC(C)(C)CCC1)[N+](=O)[O-].CC(C1=CCCC(C)(C)C1)[N+](=O)[O-]. The lowest BCUT2D eigenvalue weighted by Gasteiger charge is -2.29. The molecule has 0 bridgehead atoms. The van der Waals surface area contributed by atoms with Crippen LogP contribution in [-0.4, -0.2) is 21.9 Å². The van der Waals surface area contributed by atoms with Gasteiger partial charge in [-0.3, -0.25) is 20.2 Å². The van der Waals surface area contributed by atoms with Gasteiger partial charge in [0, 0.05) is 23.7 Å². The van der Waals surface area contributed by atoms with Gasteiger partial charge in [-0.2, -0.15) is 0 Å². The van der Waals surface area contributed by atoms with Gasteiger partial charge < -0.3 is 0 Å². The first kappa shape index (κ1) is 22.3. The summed E-state index contributed by atoms with van der Waals surface area (Å²) < 4.78 is 0. The van der Waals surface area contributed by atoms with E-state index in [9.17, 15) is 20.2 Å². The molecule has 2 unspecified atom stereocenters. The molecule has 2 aliphatic carbocycles. The van der Waals surface area contributed by atoms with Crippen LogP contribution in [0.15, 0.2) is 23.3 Å². The summed E-state index contributed by atoms with van der Waals surface area (Å²) in [7, 11) is 0. The summed E-state index contributed by atoms with van der Waals surface area (Å²) >= 11 is 0. The fraction of sp³-hybridized carbons (Fsp3) is 0.800. The van der Waals surface area contributed by atoms with Crippen molar-refractivity contribution >= 4 is 0 Å². The molecule has 2 rings (SSSR count).